The Hall–Kier alpha value is -1.36. The molecule has 19 heavy (non-hydrogen) atoms. The Bertz CT molecular complexity index is 488. The number of carboxylic acids is 1. The van der Waals surface area contributed by atoms with E-state index in [1.165, 1.54) is 0 Å². The molecule has 1 unspecified atom stereocenters. The van der Waals surface area contributed by atoms with Crippen LogP contribution in [0.25, 0.3) is 0 Å². The summed E-state index contributed by atoms with van der Waals surface area (Å²) in [5, 5.41) is 8.81. The lowest BCUT2D eigenvalue weighted by Gasteiger charge is -2.19. The summed E-state index contributed by atoms with van der Waals surface area (Å²) in [5.41, 5.74) is 2.15. The smallest absolute Gasteiger partial charge is 0.306 e. The van der Waals surface area contributed by atoms with Crippen molar-refractivity contribution < 1.29 is 14.7 Å². The van der Waals surface area contributed by atoms with Crippen molar-refractivity contribution in [1.82, 2.24) is 4.90 Å². The molecule has 1 atom stereocenters. The van der Waals surface area contributed by atoms with Gasteiger partial charge in [0.2, 0.25) is 5.91 Å². The first-order chi connectivity index (χ1) is 8.81. The van der Waals surface area contributed by atoms with Gasteiger partial charge in [-0.1, -0.05) is 28.9 Å². The molecule has 1 rings (SSSR count). The molecular weight excluding hydrogens is 310 g/mol. The highest BCUT2D eigenvalue weighted by molar-refractivity contribution is 9.10. The standard InChI is InChI=1S/C14H18BrNO3/c1-9-4-5-12(15)7-11(9)8-16(3)13(17)6-10(2)14(18)19/h4-5,7,10H,6,8H2,1-3H3,(H,18,19). The van der Waals surface area contributed by atoms with Crippen molar-refractivity contribution in [1.29, 1.82) is 0 Å². The molecule has 0 aliphatic carbocycles. The number of amides is 1. The van der Waals surface area contributed by atoms with Crippen molar-refractivity contribution in [2.75, 3.05) is 7.05 Å². The molecule has 0 aliphatic rings. The number of hydrogen-bond donors (Lipinski definition) is 1. The molecule has 0 spiro atoms. The van der Waals surface area contributed by atoms with Crippen LogP contribution in [0.1, 0.15) is 24.5 Å². The first kappa shape index (κ1) is 15.7. The SMILES string of the molecule is Cc1ccc(Br)cc1CN(C)C(=O)CC(C)C(=O)O. The van der Waals surface area contributed by atoms with E-state index in [1.54, 1.807) is 18.9 Å². The summed E-state index contributed by atoms with van der Waals surface area (Å²) in [6.45, 7) is 4.01. The van der Waals surface area contributed by atoms with Crippen LogP contribution in [0.2, 0.25) is 0 Å². The Labute approximate surface area is 121 Å². The molecule has 5 heteroatoms. The molecule has 1 aromatic carbocycles. The summed E-state index contributed by atoms with van der Waals surface area (Å²) < 4.78 is 0.966. The van der Waals surface area contributed by atoms with Gasteiger partial charge in [-0.3, -0.25) is 9.59 Å². The fourth-order valence-corrected chi connectivity index (χ4v) is 2.07. The van der Waals surface area contributed by atoms with Crippen LogP contribution in [0.4, 0.5) is 0 Å². The highest BCUT2D eigenvalue weighted by atomic mass is 79.9. The van der Waals surface area contributed by atoms with Crippen molar-refractivity contribution in [3.8, 4) is 0 Å². The lowest BCUT2D eigenvalue weighted by molar-refractivity contribution is -0.145. The number of nitrogens with zero attached hydrogens (tertiary/aromatic N) is 1. The van der Waals surface area contributed by atoms with Gasteiger partial charge in [-0.2, -0.15) is 0 Å². The molecule has 0 aromatic heterocycles. The maximum absolute atomic E-state index is 11.9. The Kier molecular flexibility index (Phi) is 5.54. The number of rotatable bonds is 5. The Morgan fingerprint density at radius 3 is 2.63 bits per heavy atom. The van der Waals surface area contributed by atoms with Gasteiger partial charge in [0.25, 0.3) is 0 Å². The number of aliphatic carboxylic acids is 1. The molecule has 104 valence electrons. The molecular formula is C14H18BrNO3. The lowest BCUT2D eigenvalue weighted by atomic mass is 10.1. The third-order valence-electron chi connectivity index (χ3n) is 3.05. The fourth-order valence-electron chi connectivity index (χ4n) is 1.66. The number of carbonyl (C=O) groups is 2. The maximum atomic E-state index is 11.9. The van der Waals surface area contributed by atoms with E-state index in [1.807, 2.05) is 25.1 Å². The predicted octanol–water partition coefficient (Wildman–Crippen LogP) is 2.83. The highest BCUT2D eigenvalue weighted by Gasteiger charge is 2.18. The minimum Gasteiger partial charge on any atom is -0.481 e. The van der Waals surface area contributed by atoms with E-state index in [4.69, 9.17) is 5.11 Å². The zero-order valence-electron chi connectivity index (χ0n) is 11.3. The van der Waals surface area contributed by atoms with E-state index >= 15 is 0 Å². The number of aryl methyl sites for hydroxylation is 1. The van der Waals surface area contributed by atoms with E-state index in [2.05, 4.69) is 15.9 Å². The topological polar surface area (TPSA) is 57.6 Å². The summed E-state index contributed by atoms with van der Waals surface area (Å²) in [4.78, 5) is 24.2. The van der Waals surface area contributed by atoms with Crippen molar-refractivity contribution >= 4 is 27.8 Å². The summed E-state index contributed by atoms with van der Waals surface area (Å²) in [6.07, 6.45) is 0.0267. The van der Waals surface area contributed by atoms with Crippen LogP contribution in [0, 0.1) is 12.8 Å². The van der Waals surface area contributed by atoms with Crippen LogP contribution >= 0.6 is 15.9 Å². The number of benzene rings is 1. The van der Waals surface area contributed by atoms with E-state index in [9.17, 15) is 9.59 Å². The average molecular weight is 328 g/mol. The first-order valence-corrected chi connectivity index (χ1v) is 6.82. The number of carbonyl (C=O) groups excluding carboxylic acids is 1. The number of hydrogen-bond acceptors (Lipinski definition) is 2. The molecule has 0 saturated heterocycles. The molecule has 1 N–H and O–H groups in total. The minimum atomic E-state index is -0.944. The molecule has 0 heterocycles. The second-order valence-electron chi connectivity index (χ2n) is 4.76. The van der Waals surface area contributed by atoms with Gasteiger partial charge in [0.05, 0.1) is 5.92 Å². The van der Waals surface area contributed by atoms with E-state index in [0.717, 1.165) is 15.6 Å². The van der Waals surface area contributed by atoms with Crippen molar-refractivity contribution in [2.24, 2.45) is 5.92 Å². The molecule has 0 aliphatic heterocycles. The van der Waals surface area contributed by atoms with Crippen LogP contribution in [0.3, 0.4) is 0 Å². The monoisotopic (exact) mass is 327 g/mol. The van der Waals surface area contributed by atoms with Gasteiger partial charge in [0.15, 0.2) is 0 Å². The van der Waals surface area contributed by atoms with Crippen LogP contribution in [-0.4, -0.2) is 28.9 Å². The van der Waals surface area contributed by atoms with E-state index < -0.39 is 11.9 Å². The van der Waals surface area contributed by atoms with Crippen molar-refractivity contribution in [3.05, 3.63) is 33.8 Å². The predicted molar refractivity (Wildman–Crippen MR) is 76.8 cm³/mol. The van der Waals surface area contributed by atoms with Gasteiger partial charge in [-0.15, -0.1) is 0 Å². The highest BCUT2D eigenvalue weighted by Crippen LogP contribution is 2.18. The van der Waals surface area contributed by atoms with E-state index in [-0.39, 0.29) is 12.3 Å². The fraction of sp³-hybridized carbons (Fsp3) is 0.429. The van der Waals surface area contributed by atoms with Gasteiger partial charge >= 0.3 is 5.97 Å². The largest absolute Gasteiger partial charge is 0.481 e. The van der Waals surface area contributed by atoms with Gasteiger partial charge < -0.3 is 10.0 Å². The summed E-state index contributed by atoms with van der Waals surface area (Å²) >= 11 is 3.40. The number of halogens is 1. The summed E-state index contributed by atoms with van der Waals surface area (Å²) in [6, 6.07) is 5.91. The normalized spacial score (nSPS) is 12.0. The van der Waals surface area contributed by atoms with Crippen LogP contribution in [-0.2, 0) is 16.1 Å². The molecule has 0 saturated carbocycles. The Morgan fingerprint density at radius 1 is 1.42 bits per heavy atom. The van der Waals surface area contributed by atoms with Crippen LogP contribution < -0.4 is 0 Å². The second kappa shape index (κ2) is 6.70. The third-order valence-corrected chi connectivity index (χ3v) is 3.54. The summed E-state index contributed by atoms with van der Waals surface area (Å²) in [7, 11) is 1.69. The Balaban J connectivity index is 2.68. The lowest BCUT2D eigenvalue weighted by Crippen LogP contribution is -2.29. The molecule has 1 amide bonds. The van der Waals surface area contributed by atoms with Gasteiger partial charge in [0, 0.05) is 24.5 Å². The molecule has 0 radical (unpaired) electrons. The van der Waals surface area contributed by atoms with Gasteiger partial charge in [0.1, 0.15) is 0 Å². The average Bonchev–Trinajstić information content (AvgIpc) is 2.33. The van der Waals surface area contributed by atoms with E-state index in [0.29, 0.717) is 6.54 Å². The maximum Gasteiger partial charge on any atom is 0.306 e. The zero-order valence-corrected chi connectivity index (χ0v) is 12.9. The van der Waals surface area contributed by atoms with Crippen molar-refractivity contribution in [3.63, 3.8) is 0 Å². The van der Waals surface area contributed by atoms with Crippen LogP contribution in [0.15, 0.2) is 22.7 Å². The molecule has 4 nitrogen and oxygen atoms in total. The first-order valence-electron chi connectivity index (χ1n) is 6.03. The molecule has 0 bridgehead atoms. The Morgan fingerprint density at radius 2 is 2.05 bits per heavy atom. The van der Waals surface area contributed by atoms with Crippen LogP contribution in [0.5, 0.6) is 0 Å². The zero-order chi connectivity index (χ0) is 14.6. The molecule has 0 fully saturated rings. The van der Waals surface area contributed by atoms with Gasteiger partial charge in [-0.05, 0) is 30.2 Å². The van der Waals surface area contributed by atoms with Gasteiger partial charge in [-0.25, -0.2) is 0 Å². The third kappa shape index (κ3) is 4.67. The van der Waals surface area contributed by atoms with Crippen molar-refractivity contribution in [2.45, 2.75) is 26.8 Å². The summed E-state index contributed by atoms with van der Waals surface area (Å²) in [5.74, 6) is -1.76. The quantitative estimate of drug-likeness (QED) is 0.904. The minimum absolute atomic E-state index is 0.0267. The second-order valence-corrected chi connectivity index (χ2v) is 5.68. The molecule has 1 aromatic rings. The number of carboxylic acid groups (broad SMARTS) is 1.